The van der Waals surface area contributed by atoms with Gasteiger partial charge < -0.3 is 5.32 Å². The molecule has 2 aromatic carbocycles. The Labute approximate surface area is 119 Å². The molecule has 0 aromatic heterocycles. The maximum atomic E-state index is 6.25. The fraction of sp³-hybridized carbons (Fsp3) is 0.294. The highest BCUT2D eigenvalue weighted by Crippen LogP contribution is 2.39. The number of anilines is 1. The number of benzene rings is 2. The van der Waals surface area contributed by atoms with Crippen LogP contribution in [0.25, 0.3) is 0 Å². The molecule has 2 aromatic rings. The Morgan fingerprint density at radius 1 is 1.05 bits per heavy atom. The molecule has 0 heterocycles. The first-order valence-electron chi connectivity index (χ1n) is 6.80. The molecule has 3 rings (SSSR count). The third kappa shape index (κ3) is 2.76. The van der Waals surface area contributed by atoms with E-state index in [4.69, 9.17) is 11.6 Å². The number of nitrogens with one attached hydrogen (secondary N) is 1. The standard InChI is InChI=1S/C17H18ClN/c1-12-7-8-17(16(18)9-12)19-15-10-14(11-15)13-5-3-2-4-6-13/h2-9,14-15,19H,10-11H2,1H3. The number of aryl methyl sites for hydroxylation is 1. The van der Waals surface area contributed by atoms with Crippen molar-refractivity contribution in [3.63, 3.8) is 0 Å². The molecular weight excluding hydrogens is 254 g/mol. The summed E-state index contributed by atoms with van der Waals surface area (Å²) in [5.74, 6) is 0.697. The van der Waals surface area contributed by atoms with Gasteiger partial charge in [-0.05, 0) is 48.9 Å². The van der Waals surface area contributed by atoms with Crippen LogP contribution in [0.2, 0.25) is 5.02 Å². The molecule has 2 heteroatoms. The second kappa shape index (κ2) is 5.26. The Hall–Kier alpha value is -1.47. The smallest absolute Gasteiger partial charge is 0.0640 e. The van der Waals surface area contributed by atoms with E-state index in [0.29, 0.717) is 12.0 Å². The fourth-order valence-electron chi connectivity index (χ4n) is 2.69. The van der Waals surface area contributed by atoms with Crippen molar-refractivity contribution in [2.45, 2.75) is 31.7 Å². The zero-order valence-corrected chi connectivity index (χ0v) is 11.8. The minimum absolute atomic E-state index is 0.547. The Morgan fingerprint density at radius 3 is 2.47 bits per heavy atom. The second-order valence-corrected chi connectivity index (χ2v) is 5.81. The zero-order chi connectivity index (χ0) is 13.2. The van der Waals surface area contributed by atoms with Crippen molar-refractivity contribution in [2.75, 3.05) is 5.32 Å². The quantitative estimate of drug-likeness (QED) is 0.828. The van der Waals surface area contributed by atoms with E-state index in [1.54, 1.807) is 0 Å². The van der Waals surface area contributed by atoms with Gasteiger partial charge in [-0.1, -0.05) is 48.0 Å². The van der Waals surface area contributed by atoms with E-state index in [1.807, 2.05) is 6.07 Å². The summed E-state index contributed by atoms with van der Waals surface area (Å²) in [4.78, 5) is 0. The molecule has 0 bridgehead atoms. The highest BCUT2D eigenvalue weighted by atomic mass is 35.5. The Kier molecular flexibility index (Phi) is 3.48. The van der Waals surface area contributed by atoms with Crippen LogP contribution in [0.1, 0.15) is 29.9 Å². The maximum absolute atomic E-state index is 6.25. The van der Waals surface area contributed by atoms with E-state index in [0.717, 1.165) is 10.7 Å². The van der Waals surface area contributed by atoms with Crippen molar-refractivity contribution in [3.8, 4) is 0 Å². The third-order valence-corrected chi connectivity index (χ3v) is 4.21. The molecule has 0 atom stereocenters. The van der Waals surface area contributed by atoms with Crippen molar-refractivity contribution in [1.29, 1.82) is 0 Å². The number of halogens is 1. The Balaban J connectivity index is 1.60. The van der Waals surface area contributed by atoms with E-state index in [1.165, 1.54) is 24.0 Å². The number of hydrogen-bond acceptors (Lipinski definition) is 1. The zero-order valence-electron chi connectivity index (χ0n) is 11.1. The van der Waals surface area contributed by atoms with Gasteiger partial charge in [0, 0.05) is 6.04 Å². The highest BCUT2D eigenvalue weighted by molar-refractivity contribution is 6.33. The summed E-state index contributed by atoms with van der Waals surface area (Å²) in [6, 6.07) is 17.5. The van der Waals surface area contributed by atoms with E-state index in [-0.39, 0.29) is 0 Å². The van der Waals surface area contributed by atoms with Crippen LogP contribution in [0, 0.1) is 6.92 Å². The molecule has 1 saturated carbocycles. The summed E-state index contributed by atoms with van der Waals surface area (Å²) in [7, 11) is 0. The highest BCUT2D eigenvalue weighted by Gasteiger charge is 2.30. The van der Waals surface area contributed by atoms with Gasteiger partial charge in [-0.15, -0.1) is 0 Å². The van der Waals surface area contributed by atoms with Crippen LogP contribution in [0.15, 0.2) is 48.5 Å². The summed E-state index contributed by atoms with van der Waals surface area (Å²) in [5.41, 5.74) is 3.71. The van der Waals surface area contributed by atoms with Crippen LogP contribution in [-0.2, 0) is 0 Å². The maximum Gasteiger partial charge on any atom is 0.0640 e. The van der Waals surface area contributed by atoms with Crippen LogP contribution < -0.4 is 5.32 Å². The van der Waals surface area contributed by atoms with E-state index in [2.05, 4.69) is 54.7 Å². The largest absolute Gasteiger partial charge is 0.381 e. The monoisotopic (exact) mass is 271 g/mol. The second-order valence-electron chi connectivity index (χ2n) is 5.40. The fourth-order valence-corrected chi connectivity index (χ4v) is 2.98. The first-order chi connectivity index (χ1) is 9.22. The minimum atomic E-state index is 0.547. The molecule has 0 aliphatic heterocycles. The van der Waals surface area contributed by atoms with Crippen LogP contribution >= 0.6 is 11.6 Å². The van der Waals surface area contributed by atoms with Crippen molar-refractivity contribution in [1.82, 2.24) is 0 Å². The van der Waals surface area contributed by atoms with Crippen LogP contribution in [0.3, 0.4) is 0 Å². The lowest BCUT2D eigenvalue weighted by molar-refractivity contribution is 0.374. The summed E-state index contributed by atoms with van der Waals surface area (Å²) in [6.07, 6.45) is 2.38. The molecule has 1 fully saturated rings. The van der Waals surface area contributed by atoms with E-state index in [9.17, 15) is 0 Å². The van der Waals surface area contributed by atoms with Crippen LogP contribution in [-0.4, -0.2) is 6.04 Å². The molecule has 0 unspecified atom stereocenters. The van der Waals surface area contributed by atoms with Gasteiger partial charge in [-0.3, -0.25) is 0 Å². The Bertz CT molecular complexity index is 559. The predicted molar refractivity (Wildman–Crippen MR) is 82.0 cm³/mol. The van der Waals surface area contributed by atoms with Crippen molar-refractivity contribution in [2.24, 2.45) is 0 Å². The molecule has 1 aliphatic carbocycles. The van der Waals surface area contributed by atoms with E-state index >= 15 is 0 Å². The molecule has 1 N–H and O–H groups in total. The van der Waals surface area contributed by atoms with Gasteiger partial charge in [-0.25, -0.2) is 0 Å². The normalized spacial score (nSPS) is 21.8. The van der Waals surface area contributed by atoms with Gasteiger partial charge in [-0.2, -0.15) is 0 Å². The molecular formula is C17H18ClN. The van der Waals surface area contributed by atoms with Gasteiger partial charge >= 0.3 is 0 Å². The Morgan fingerprint density at radius 2 is 1.79 bits per heavy atom. The van der Waals surface area contributed by atoms with Gasteiger partial charge in [0.15, 0.2) is 0 Å². The van der Waals surface area contributed by atoms with Gasteiger partial charge in [0.2, 0.25) is 0 Å². The first-order valence-corrected chi connectivity index (χ1v) is 7.18. The lowest BCUT2D eigenvalue weighted by atomic mass is 9.76. The minimum Gasteiger partial charge on any atom is -0.381 e. The van der Waals surface area contributed by atoms with Crippen molar-refractivity contribution in [3.05, 3.63) is 64.7 Å². The molecule has 1 nitrogen and oxygen atoms in total. The predicted octanol–water partition coefficient (Wildman–Crippen LogP) is 5.01. The summed E-state index contributed by atoms with van der Waals surface area (Å²) in [5, 5.41) is 4.36. The lowest BCUT2D eigenvalue weighted by Crippen LogP contribution is -2.34. The third-order valence-electron chi connectivity index (χ3n) is 3.89. The summed E-state index contributed by atoms with van der Waals surface area (Å²) in [6.45, 7) is 2.06. The first kappa shape index (κ1) is 12.6. The van der Waals surface area contributed by atoms with Crippen molar-refractivity contribution < 1.29 is 0 Å². The summed E-state index contributed by atoms with van der Waals surface area (Å²) < 4.78 is 0. The number of hydrogen-bond donors (Lipinski definition) is 1. The van der Waals surface area contributed by atoms with Crippen LogP contribution in [0.5, 0.6) is 0 Å². The summed E-state index contributed by atoms with van der Waals surface area (Å²) >= 11 is 6.25. The average molecular weight is 272 g/mol. The lowest BCUT2D eigenvalue weighted by Gasteiger charge is -2.37. The topological polar surface area (TPSA) is 12.0 Å². The van der Waals surface area contributed by atoms with Gasteiger partial charge in [0.25, 0.3) is 0 Å². The van der Waals surface area contributed by atoms with Gasteiger partial charge in [0.1, 0.15) is 0 Å². The molecule has 98 valence electrons. The molecule has 0 spiro atoms. The van der Waals surface area contributed by atoms with E-state index < -0.39 is 0 Å². The SMILES string of the molecule is Cc1ccc(NC2CC(c3ccccc3)C2)c(Cl)c1. The van der Waals surface area contributed by atoms with Crippen molar-refractivity contribution >= 4 is 17.3 Å². The molecule has 1 aliphatic rings. The van der Waals surface area contributed by atoms with Crippen LogP contribution in [0.4, 0.5) is 5.69 Å². The molecule has 0 saturated heterocycles. The molecule has 19 heavy (non-hydrogen) atoms. The number of rotatable bonds is 3. The average Bonchev–Trinajstić information content (AvgIpc) is 2.36. The molecule has 0 radical (unpaired) electrons. The van der Waals surface area contributed by atoms with Gasteiger partial charge in [0.05, 0.1) is 10.7 Å². The molecule has 0 amide bonds.